The number of rotatable bonds is 13. The molecule has 2 aromatic heterocycles. The van der Waals surface area contributed by atoms with E-state index in [0.29, 0.717) is 18.5 Å². The molecule has 0 saturated carbocycles. The molecule has 0 atom stereocenters. The van der Waals surface area contributed by atoms with Crippen molar-refractivity contribution in [2.24, 2.45) is 0 Å². The molecule has 1 aliphatic rings. The molecule has 1 aliphatic heterocycles. The lowest BCUT2D eigenvalue weighted by molar-refractivity contribution is 0.481. The van der Waals surface area contributed by atoms with Crippen LogP contribution in [0.5, 0.6) is 11.5 Å². The Bertz CT molecular complexity index is 3900. The van der Waals surface area contributed by atoms with Crippen molar-refractivity contribution in [3.05, 3.63) is 257 Å². The van der Waals surface area contributed by atoms with E-state index in [1.165, 1.54) is 72.2 Å². The number of hydrogen-bond acceptors (Lipinski definition) is 4. The highest BCUT2D eigenvalue weighted by Gasteiger charge is 2.34. The number of benzene rings is 8. The molecule has 0 N–H and O–H groups in total. The van der Waals surface area contributed by atoms with Crippen molar-refractivity contribution in [1.29, 1.82) is 0 Å². The van der Waals surface area contributed by atoms with E-state index < -0.39 is 5.41 Å². The summed E-state index contributed by atoms with van der Waals surface area (Å²) in [6.45, 7) is 33.2. The minimum absolute atomic E-state index is 0.0410. The third-order valence-electron chi connectivity index (χ3n) is 17.1. The highest BCUT2D eigenvalue weighted by molar-refractivity contribution is 6.12. The van der Waals surface area contributed by atoms with Crippen LogP contribution in [0.4, 0.5) is 11.4 Å². The molecule has 0 unspecified atom stereocenters. The van der Waals surface area contributed by atoms with Crippen LogP contribution >= 0.6 is 0 Å². The van der Waals surface area contributed by atoms with E-state index in [2.05, 4.69) is 312 Å². The van der Waals surface area contributed by atoms with Crippen LogP contribution in [0.3, 0.4) is 0 Å². The van der Waals surface area contributed by atoms with Gasteiger partial charge in [0.1, 0.15) is 17.3 Å². The van der Waals surface area contributed by atoms with E-state index in [0.717, 1.165) is 45.2 Å². The summed E-state index contributed by atoms with van der Waals surface area (Å²) in [5.41, 5.74) is 18.5. The topological polar surface area (TPSA) is 33.5 Å². The van der Waals surface area contributed by atoms with E-state index in [-0.39, 0.29) is 16.2 Å². The van der Waals surface area contributed by atoms with Gasteiger partial charge in [0.05, 0.1) is 23.4 Å². The Hall–Kier alpha value is -8.15. The Balaban J connectivity index is 1.13. The predicted molar refractivity (Wildman–Crippen MR) is 344 cm³/mol. The summed E-state index contributed by atoms with van der Waals surface area (Å²) in [5.74, 6) is 2.97. The maximum atomic E-state index is 7.53. The van der Waals surface area contributed by atoms with Gasteiger partial charge in [-0.3, -0.25) is 4.57 Å². The summed E-state index contributed by atoms with van der Waals surface area (Å²) in [4.78, 5) is 10.2. The first-order valence-corrected chi connectivity index (χ1v) is 29.2. The Labute approximate surface area is 482 Å². The zero-order chi connectivity index (χ0) is 57.2. The van der Waals surface area contributed by atoms with Gasteiger partial charge in [-0.2, -0.15) is 0 Å². The van der Waals surface area contributed by atoms with Crippen molar-refractivity contribution in [2.45, 2.75) is 130 Å². The fourth-order valence-electron chi connectivity index (χ4n) is 12.1. The van der Waals surface area contributed by atoms with E-state index in [1.807, 2.05) is 6.20 Å². The van der Waals surface area contributed by atoms with Crippen LogP contribution in [0, 0.1) is 0 Å². The van der Waals surface area contributed by atoms with Crippen molar-refractivity contribution in [2.75, 3.05) is 16.5 Å². The minimum atomic E-state index is -0.427. The number of para-hydroxylation sites is 1. The normalized spacial score (nSPS) is 13.5. The number of hydrogen-bond donors (Lipinski definition) is 0. The number of aromatic nitrogens is 2. The molecule has 0 fully saturated rings. The summed E-state index contributed by atoms with van der Waals surface area (Å²) in [7, 11) is 0. The van der Waals surface area contributed by atoms with Gasteiger partial charge in [-0.05, 0) is 127 Å². The van der Waals surface area contributed by atoms with Gasteiger partial charge < -0.3 is 14.5 Å². The van der Waals surface area contributed by atoms with Gasteiger partial charge >= 0.3 is 0 Å². The fraction of sp³-hybridized carbons (Fsp3) is 0.276. The number of pyridine rings is 1. The molecule has 81 heavy (non-hydrogen) atoms. The van der Waals surface area contributed by atoms with Crippen LogP contribution < -0.4 is 14.5 Å². The van der Waals surface area contributed by atoms with Crippen LogP contribution in [0.15, 0.2) is 207 Å². The first kappa shape index (κ1) is 54.8. The van der Waals surface area contributed by atoms with Gasteiger partial charge in [0.15, 0.2) is 0 Å². The number of fused-ring (bicyclic) bond motifs is 3. The first-order chi connectivity index (χ1) is 38.6. The van der Waals surface area contributed by atoms with Crippen molar-refractivity contribution in [3.63, 3.8) is 0 Å². The molecule has 410 valence electrons. The largest absolute Gasteiger partial charge is 0.457 e. The summed E-state index contributed by atoms with van der Waals surface area (Å²) in [6.07, 6.45) is 4.39. The molecule has 0 aliphatic carbocycles. The molecule has 0 bridgehead atoms. The van der Waals surface area contributed by atoms with Crippen LogP contribution in [0.1, 0.15) is 159 Å². The Morgan fingerprint density at radius 2 is 1.02 bits per heavy atom. The smallest absolute Gasteiger partial charge is 0.137 e. The Morgan fingerprint density at radius 3 is 1.63 bits per heavy atom. The summed E-state index contributed by atoms with van der Waals surface area (Å²) < 4.78 is 9.89. The summed E-state index contributed by atoms with van der Waals surface area (Å²) in [6, 6.07) is 71.2. The highest BCUT2D eigenvalue weighted by Crippen LogP contribution is 2.48. The second-order valence-corrected chi connectivity index (χ2v) is 26.2. The molecule has 5 nitrogen and oxygen atoms in total. The lowest BCUT2D eigenvalue weighted by Crippen LogP contribution is -2.28. The third-order valence-corrected chi connectivity index (χ3v) is 17.1. The Morgan fingerprint density at radius 1 is 0.457 bits per heavy atom. The van der Waals surface area contributed by atoms with E-state index >= 15 is 0 Å². The zero-order valence-electron chi connectivity index (χ0n) is 50.2. The van der Waals surface area contributed by atoms with Crippen LogP contribution in [0.25, 0.3) is 44.4 Å². The predicted octanol–water partition coefficient (Wildman–Crippen LogP) is 20.4. The lowest BCUT2D eigenvalue weighted by Gasteiger charge is -2.30. The third kappa shape index (κ3) is 10.5. The van der Waals surface area contributed by atoms with Gasteiger partial charge in [0.2, 0.25) is 0 Å². The van der Waals surface area contributed by atoms with Gasteiger partial charge in [-0.1, -0.05) is 230 Å². The average Bonchev–Trinajstić information content (AvgIpc) is 4.12. The lowest BCUT2D eigenvalue weighted by atomic mass is 9.76. The van der Waals surface area contributed by atoms with Crippen LogP contribution in [0.2, 0.25) is 0 Å². The summed E-state index contributed by atoms with van der Waals surface area (Å²) in [5, 5.41) is 2.35. The van der Waals surface area contributed by atoms with Crippen LogP contribution in [-0.4, -0.2) is 16.2 Å². The standard InChI is InChI=1S/C76H80N4O/c1-50(2)63-34-26-35-64(51(3)4)71(63)69-48-78(59-42-57(73(5,6)7)41-58(43-59)74(8,9)10)49-79(69)60-39-53(52-27-18-15-19-28-52)40-61(45-60)81-62-46-66(76(13,14)55-31-22-17-23-32-55)72-65-33-24-25-36-67(65)80(68(72)47-62)70-44-56(37-38-77-70)75(11,12)54-29-20-16-21-30-54/h15-48,50-51H,49H2,1-14H3. The molecule has 5 heteroatoms. The maximum Gasteiger partial charge on any atom is 0.137 e. The van der Waals surface area contributed by atoms with E-state index in [1.54, 1.807) is 0 Å². The maximum absolute atomic E-state index is 7.53. The zero-order valence-corrected chi connectivity index (χ0v) is 50.2. The molecule has 3 heterocycles. The number of anilines is 2. The average molecular weight is 1070 g/mol. The second kappa shape index (κ2) is 21.1. The van der Waals surface area contributed by atoms with Gasteiger partial charge in [0, 0.05) is 63.1 Å². The molecule has 8 aromatic carbocycles. The highest BCUT2D eigenvalue weighted by atomic mass is 16.5. The molecule has 0 saturated heterocycles. The molecular formula is C76H80N4O. The Kier molecular flexibility index (Phi) is 14.2. The SMILES string of the molecule is CC(C)c1cccc(C(C)C)c1C1=CN(c2cc(C(C)(C)C)cc(C(C)(C)C)c2)CN1c1cc(Oc2cc(C(C)(C)c3ccccc3)c3c4ccccc4n(-c4cc(C(C)(C)c5ccccc5)ccn4)c3c2)cc(-c2ccccc2)c1. The summed E-state index contributed by atoms with van der Waals surface area (Å²) >= 11 is 0. The first-order valence-electron chi connectivity index (χ1n) is 29.2. The molecule has 10 aromatic rings. The monoisotopic (exact) mass is 1060 g/mol. The molecule has 0 amide bonds. The van der Waals surface area contributed by atoms with E-state index in [4.69, 9.17) is 9.72 Å². The van der Waals surface area contributed by atoms with Crippen molar-refractivity contribution in [1.82, 2.24) is 9.55 Å². The fourth-order valence-corrected chi connectivity index (χ4v) is 12.1. The minimum Gasteiger partial charge on any atom is -0.457 e. The number of ether oxygens (including phenoxy) is 1. The quantitative estimate of drug-likeness (QED) is 0.115. The van der Waals surface area contributed by atoms with Crippen molar-refractivity contribution in [3.8, 4) is 28.4 Å². The van der Waals surface area contributed by atoms with Crippen LogP contribution in [-0.2, 0) is 21.7 Å². The molecular weight excluding hydrogens is 985 g/mol. The number of nitrogens with zero attached hydrogens (tertiary/aromatic N) is 4. The van der Waals surface area contributed by atoms with Gasteiger partial charge in [0.25, 0.3) is 0 Å². The molecule has 0 radical (unpaired) electrons. The molecule has 0 spiro atoms. The van der Waals surface area contributed by atoms with Crippen molar-refractivity contribution < 1.29 is 4.74 Å². The van der Waals surface area contributed by atoms with Crippen molar-refractivity contribution >= 4 is 38.9 Å². The van der Waals surface area contributed by atoms with Gasteiger partial charge in [-0.25, -0.2) is 4.98 Å². The second-order valence-electron chi connectivity index (χ2n) is 26.2. The van der Waals surface area contributed by atoms with E-state index in [9.17, 15) is 0 Å². The molecule has 11 rings (SSSR count). The van der Waals surface area contributed by atoms with Gasteiger partial charge in [-0.15, -0.1) is 0 Å².